The quantitative estimate of drug-likeness (QED) is 0.594. The fraction of sp³-hybridized carbons (Fsp3) is 0.333. The van der Waals surface area contributed by atoms with Gasteiger partial charge in [0.25, 0.3) is 0 Å². The van der Waals surface area contributed by atoms with Crippen molar-refractivity contribution in [2.24, 2.45) is 0 Å². The normalized spacial score (nSPS) is 20.2. The maximum absolute atomic E-state index is 10.3. The molecule has 1 atom stereocenters. The monoisotopic (exact) mass is 348 g/mol. The molecule has 26 heavy (non-hydrogen) atoms. The van der Waals surface area contributed by atoms with Gasteiger partial charge in [-0.05, 0) is 47.2 Å². The third kappa shape index (κ3) is 4.19. The molecule has 0 amide bonds. The Kier molecular flexibility index (Phi) is 5.82. The van der Waals surface area contributed by atoms with Crippen LogP contribution in [0.4, 0.5) is 0 Å². The summed E-state index contributed by atoms with van der Waals surface area (Å²) in [4.78, 5) is 0. The Labute approximate surface area is 156 Å². The Balaban J connectivity index is 1.75. The minimum Gasteiger partial charge on any atom is -0.508 e. The number of phenolic OH excluding ortho intramolecular Hbond substituents is 2. The van der Waals surface area contributed by atoms with E-state index in [0.717, 1.165) is 12.0 Å². The maximum Gasteiger partial charge on any atom is 0.119 e. The van der Waals surface area contributed by atoms with Gasteiger partial charge < -0.3 is 10.2 Å². The summed E-state index contributed by atoms with van der Waals surface area (Å²) in [6, 6.07) is 13.4. The molecule has 0 spiro atoms. The van der Waals surface area contributed by atoms with Crippen LogP contribution in [0.25, 0.3) is 0 Å². The first-order chi connectivity index (χ1) is 12.6. The van der Waals surface area contributed by atoms with Crippen LogP contribution >= 0.6 is 0 Å². The first kappa shape index (κ1) is 18.3. The number of phenols is 2. The van der Waals surface area contributed by atoms with Crippen molar-refractivity contribution in [3.05, 3.63) is 83.5 Å². The molecule has 0 fully saturated rings. The molecule has 0 saturated carbocycles. The van der Waals surface area contributed by atoms with E-state index in [2.05, 4.69) is 44.2 Å². The Morgan fingerprint density at radius 3 is 2.04 bits per heavy atom. The minimum absolute atomic E-state index is 0.237. The molecule has 1 unspecified atom stereocenters. The van der Waals surface area contributed by atoms with Gasteiger partial charge in [0.05, 0.1) is 0 Å². The second kappa shape index (κ2) is 8.27. The highest BCUT2D eigenvalue weighted by Crippen LogP contribution is 2.35. The third-order valence-corrected chi connectivity index (χ3v) is 5.29. The molecule has 1 aliphatic carbocycles. The van der Waals surface area contributed by atoms with Gasteiger partial charge in [-0.2, -0.15) is 0 Å². The summed E-state index contributed by atoms with van der Waals surface area (Å²) in [7, 11) is 0. The SMILES string of the molecule is CCCCC(C)c1cc(C2C=CC(c3ccc(O)cc3)C=C2)ccc1O. The highest BCUT2D eigenvalue weighted by atomic mass is 16.3. The van der Waals surface area contributed by atoms with Crippen LogP contribution in [0.15, 0.2) is 66.8 Å². The van der Waals surface area contributed by atoms with Crippen molar-refractivity contribution in [1.29, 1.82) is 0 Å². The van der Waals surface area contributed by atoms with E-state index < -0.39 is 0 Å². The second-order valence-corrected chi connectivity index (χ2v) is 7.27. The van der Waals surface area contributed by atoms with Gasteiger partial charge in [-0.25, -0.2) is 0 Å². The minimum atomic E-state index is 0.237. The molecule has 2 aromatic rings. The number of hydrogen-bond acceptors (Lipinski definition) is 2. The number of aromatic hydroxyl groups is 2. The molecular formula is C24H28O2. The Morgan fingerprint density at radius 1 is 0.846 bits per heavy atom. The molecule has 2 nitrogen and oxygen atoms in total. The predicted octanol–water partition coefficient (Wildman–Crippen LogP) is 6.38. The lowest BCUT2D eigenvalue weighted by Gasteiger charge is -2.20. The molecule has 0 aromatic heterocycles. The zero-order valence-corrected chi connectivity index (χ0v) is 15.6. The second-order valence-electron chi connectivity index (χ2n) is 7.27. The smallest absolute Gasteiger partial charge is 0.119 e. The lowest BCUT2D eigenvalue weighted by atomic mass is 9.85. The molecule has 2 heteroatoms. The van der Waals surface area contributed by atoms with E-state index in [9.17, 15) is 10.2 Å². The average molecular weight is 348 g/mol. The first-order valence-corrected chi connectivity index (χ1v) is 9.57. The molecule has 2 aromatic carbocycles. The molecule has 0 bridgehead atoms. The lowest BCUT2D eigenvalue weighted by molar-refractivity contribution is 0.458. The van der Waals surface area contributed by atoms with Gasteiger partial charge >= 0.3 is 0 Å². The van der Waals surface area contributed by atoms with Crippen molar-refractivity contribution in [2.75, 3.05) is 0 Å². The molecule has 1 aliphatic rings. The summed E-state index contributed by atoms with van der Waals surface area (Å²) in [5.41, 5.74) is 3.45. The number of benzene rings is 2. The van der Waals surface area contributed by atoms with Crippen LogP contribution in [0, 0.1) is 0 Å². The van der Waals surface area contributed by atoms with Crippen LogP contribution in [-0.2, 0) is 0 Å². The Hall–Kier alpha value is -2.48. The van der Waals surface area contributed by atoms with Crippen LogP contribution in [0.2, 0.25) is 0 Å². The largest absolute Gasteiger partial charge is 0.508 e. The fourth-order valence-corrected chi connectivity index (χ4v) is 3.59. The highest BCUT2D eigenvalue weighted by Gasteiger charge is 2.16. The molecule has 0 heterocycles. The molecule has 2 N–H and O–H groups in total. The van der Waals surface area contributed by atoms with E-state index in [0.29, 0.717) is 17.4 Å². The Bertz CT molecular complexity index is 772. The van der Waals surface area contributed by atoms with Gasteiger partial charge in [-0.1, -0.05) is 75.3 Å². The van der Waals surface area contributed by atoms with Crippen molar-refractivity contribution in [2.45, 2.75) is 50.9 Å². The summed E-state index contributed by atoms with van der Waals surface area (Å²) >= 11 is 0. The van der Waals surface area contributed by atoms with Gasteiger partial charge in [0.15, 0.2) is 0 Å². The summed E-state index contributed by atoms with van der Waals surface area (Å²) in [6.45, 7) is 4.40. The summed E-state index contributed by atoms with van der Waals surface area (Å²) in [5.74, 6) is 1.55. The van der Waals surface area contributed by atoms with Gasteiger partial charge in [0.2, 0.25) is 0 Å². The van der Waals surface area contributed by atoms with E-state index in [1.807, 2.05) is 24.3 Å². The van der Waals surface area contributed by atoms with E-state index in [1.165, 1.54) is 24.0 Å². The van der Waals surface area contributed by atoms with E-state index in [-0.39, 0.29) is 11.8 Å². The summed E-state index contributed by atoms with van der Waals surface area (Å²) in [6.07, 6.45) is 12.3. The van der Waals surface area contributed by atoms with Crippen molar-refractivity contribution >= 4 is 0 Å². The number of allylic oxidation sites excluding steroid dienone is 4. The number of hydrogen-bond donors (Lipinski definition) is 2. The third-order valence-electron chi connectivity index (χ3n) is 5.29. The predicted molar refractivity (Wildman–Crippen MR) is 108 cm³/mol. The number of unbranched alkanes of at least 4 members (excludes halogenated alkanes) is 1. The van der Waals surface area contributed by atoms with Crippen LogP contribution in [0.3, 0.4) is 0 Å². The van der Waals surface area contributed by atoms with Crippen molar-refractivity contribution in [1.82, 2.24) is 0 Å². The Morgan fingerprint density at radius 2 is 1.42 bits per heavy atom. The molecule has 136 valence electrons. The topological polar surface area (TPSA) is 40.5 Å². The molecule has 3 rings (SSSR count). The van der Waals surface area contributed by atoms with Gasteiger partial charge in [0.1, 0.15) is 11.5 Å². The average Bonchev–Trinajstić information content (AvgIpc) is 2.67. The lowest BCUT2D eigenvalue weighted by Crippen LogP contribution is -2.02. The highest BCUT2D eigenvalue weighted by molar-refractivity contribution is 5.44. The van der Waals surface area contributed by atoms with Crippen molar-refractivity contribution in [3.63, 3.8) is 0 Å². The van der Waals surface area contributed by atoms with Gasteiger partial charge in [-0.3, -0.25) is 0 Å². The zero-order chi connectivity index (χ0) is 18.5. The van der Waals surface area contributed by atoms with Crippen LogP contribution in [0.1, 0.15) is 67.6 Å². The van der Waals surface area contributed by atoms with Crippen LogP contribution in [-0.4, -0.2) is 10.2 Å². The van der Waals surface area contributed by atoms with E-state index in [4.69, 9.17) is 0 Å². The standard InChI is InChI=1S/C24H28O2/c1-3-4-5-17(2)23-16-21(12-15-24(23)26)20-8-6-18(7-9-20)19-10-13-22(25)14-11-19/h6-18,20,25-26H,3-5H2,1-2H3. The van der Waals surface area contributed by atoms with Gasteiger partial charge in [-0.15, -0.1) is 0 Å². The summed E-state index contributed by atoms with van der Waals surface area (Å²) in [5, 5.41) is 19.7. The van der Waals surface area contributed by atoms with Crippen molar-refractivity contribution < 1.29 is 10.2 Å². The molecule has 0 saturated heterocycles. The number of rotatable bonds is 6. The van der Waals surface area contributed by atoms with Crippen LogP contribution < -0.4 is 0 Å². The van der Waals surface area contributed by atoms with Crippen molar-refractivity contribution in [3.8, 4) is 11.5 Å². The maximum atomic E-state index is 10.3. The van der Waals surface area contributed by atoms with E-state index in [1.54, 1.807) is 12.1 Å². The first-order valence-electron chi connectivity index (χ1n) is 9.57. The summed E-state index contributed by atoms with van der Waals surface area (Å²) < 4.78 is 0. The molecule has 0 radical (unpaired) electrons. The fourth-order valence-electron chi connectivity index (χ4n) is 3.59. The van der Waals surface area contributed by atoms with Gasteiger partial charge in [0, 0.05) is 11.8 Å². The molecule has 0 aliphatic heterocycles. The van der Waals surface area contributed by atoms with E-state index >= 15 is 0 Å². The zero-order valence-electron chi connectivity index (χ0n) is 15.6. The van der Waals surface area contributed by atoms with Crippen LogP contribution in [0.5, 0.6) is 11.5 Å². The molecular weight excluding hydrogens is 320 g/mol.